The van der Waals surface area contributed by atoms with Crippen LogP contribution in [0.2, 0.25) is 0 Å². The first-order valence-electron chi connectivity index (χ1n) is 8.79. The summed E-state index contributed by atoms with van der Waals surface area (Å²) in [6.45, 7) is -0.0241. The maximum Gasteiger partial charge on any atom is 0.408 e. The van der Waals surface area contributed by atoms with Crippen LogP contribution >= 0.6 is 7.37 Å². The van der Waals surface area contributed by atoms with Gasteiger partial charge in [-0.1, -0.05) is 42.5 Å². The number of carboxylic acid groups (broad SMARTS) is 1. The minimum Gasteiger partial charge on any atom is -0.481 e. The number of carboxylic acids is 1. The summed E-state index contributed by atoms with van der Waals surface area (Å²) in [5, 5.41) is 20.1. The minimum atomic E-state index is -4.01. The highest BCUT2D eigenvalue weighted by molar-refractivity contribution is 7.57. The summed E-state index contributed by atoms with van der Waals surface area (Å²) in [5.41, 5.74) is 1.65. The second-order valence-electron chi connectivity index (χ2n) is 6.38. The number of benzene rings is 2. The zero-order valence-corrected chi connectivity index (χ0v) is 16.4. The van der Waals surface area contributed by atoms with Crippen molar-refractivity contribution in [1.82, 2.24) is 5.32 Å². The molecule has 2 rings (SSSR count). The molecule has 3 N–H and O–H groups in total. The number of nitriles is 1. The summed E-state index contributed by atoms with van der Waals surface area (Å²) in [4.78, 5) is 33.5. The molecule has 0 fully saturated rings. The van der Waals surface area contributed by atoms with Crippen molar-refractivity contribution >= 4 is 19.4 Å². The van der Waals surface area contributed by atoms with Crippen LogP contribution in [-0.2, 0) is 26.9 Å². The predicted molar refractivity (Wildman–Crippen MR) is 105 cm³/mol. The number of nitrogens with one attached hydrogen (secondary N) is 1. The summed E-state index contributed by atoms with van der Waals surface area (Å²) in [5.74, 6) is -2.43. The minimum absolute atomic E-state index is 0.0241. The Bertz CT molecular complexity index is 924. The number of rotatable bonds is 9. The quantitative estimate of drug-likeness (QED) is 0.533. The Morgan fingerprint density at radius 3 is 2.34 bits per heavy atom. The molecule has 29 heavy (non-hydrogen) atoms. The van der Waals surface area contributed by atoms with E-state index in [2.05, 4.69) is 5.32 Å². The third-order valence-electron chi connectivity index (χ3n) is 4.11. The molecule has 0 aliphatic heterocycles. The van der Waals surface area contributed by atoms with E-state index in [1.165, 1.54) is 12.1 Å². The average molecular weight is 416 g/mol. The first kappa shape index (κ1) is 22.2. The molecule has 8 nitrogen and oxygen atoms in total. The first-order chi connectivity index (χ1) is 13.8. The molecule has 2 aromatic carbocycles. The monoisotopic (exact) mass is 416 g/mol. The second-order valence-corrected chi connectivity index (χ2v) is 8.83. The molecule has 9 heteroatoms. The van der Waals surface area contributed by atoms with Gasteiger partial charge >= 0.3 is 12.1 Å². The van der Waals surface area contributed by atoms with Crippen LogP contribution in [0, 0.1) is 11.3 Å². The fourth-order valence-corrected chi connectivity index (χ4v) is 4.39. The molecule has 1 amide bonds. The van der Waals surface area contributed by atoms with Crippen LogP contribution in [0.5, 0.6) is 0 Å². The van der Waals surface area contributed by atoms with Crippen molar-refractivity contribution in [2.75, 3.05) is 0 Å². The van der Waals surface area contributed by atoms with Gasteiger partial charge in [0.25, 0.3) is 0 Å². The molecule has 2 aromatic rings. The van der Waals surface area contributed by atoms with Gasteiger partial charge in [0.05, 0.1) is 17.8 Å². The van der Waals surface area contributed by atoms with E-state index < -0.39 is 25.2 Å². The lowest BCUT2D eigenvalue weighted by atomic mass is 10.2. The number of carbonyl (C=O) groups is 2. The van der Waals surface area contributed by atoms with Gasteiger partial charge in [-0.2, -0.15) is 5.26 Å². The van der Waals surface area contributed by atoms with Gasteiger partial charge in [0, 0.05) is 6.42 Å². The summed E-state index contributed by atoms with van der Waals surface area (Å²) < 4.78 is 18.0. The molecule has 0 heterocycles. The van der Waals surface area contributed by atoms with Gasteiger partial charge in [-0.3, -0.25) is 9.36 Å². The Balaban J connectivity index is 2.05. The number of ether oxygens (including phenoxy) is 1. The average Bonchev–Trinajstić information content (AvgIpc) is 2.70. The SMILES string of the molecule is N#Cc1ccc(CP(=O)(O)C(CCC(=O)O)NC(=O)OCc2ccccc2)cc1. The van der Waals surface area contributed by atoms with Crippen molar-refractivity contribution in [2.24, 2.45) is 0 Å². The van der Waals surface area contributed by atoms with Gasteiger partial charge in [0.15, 0.2) is 0 Å². The van der Waals surface area contributed by atoms with Gasteiger partial charge in [-0.05, 0) is 29.7 Å². The van der Waals surface area contributed by atoms with Crippen LogP contribution in [0.3, 0.4) is 0 Å². The van der Waals surface area contributed by atoms with Crippen molar-refractivity contribution < 1.29 is 28.9 Å². The fraction of sp³-hybridized carbons (Fsp3) is 0.250. The van der Waals surface area contributed by atoms with Gasteiger partial charge in [-0.25, -0.2) is 4.79 Å². The van der Waals surface area contributed by atoms with Crippen molar-refractivity contribution in [3.63, 3.8) is 0 Å². The molecule has 0 bridgehead atoms. The molecule has 2 unspecified atom stereocenters. The molecule has 0 aliphatic carbocycles. The van der Waals surface area contributed by atoms with Crippen LogP contribution in [0.4, 0.5) is 4.79 Å². The van der Waals surface area contributed by atoms with Gasteiger partial charge in [-0.15, -0.1) is 0 Å². The van der Waals surface area contributed by atoms with Crippen LogP contribution in [0.25, 0.3) is 0 Å². The summed E-state index contributed by atoms with van der Waals surface area (Å²) in [7, 11) is -4.01. The lowest BCUT2D eigenvalue weighted by Crippen LogP contribution is -2.36. The highest BCUT2D eigenvalue weighted by Crippen LogP contribution is 2.50. The van der Waals surface area contributed by atoms with Crippen molar-refractivity contribution in [2.45, 2.75) is 31.4 Å². The molecular formula is C20H21N2O6P. The second kappa shape index (κ2) is 10.4. The Labute approximate surface area is 168 Å². The highest BCUT2D eigenvalue weighted by atomic mass is 31.2. The maximum absolute atomic E-state index is 12.9. The summed E-state index contributed by atoms with van der Waals surface area (Å²) in [6.07, 6.45) is -1.79. The standard InChI is InChI=1S/C20H21N2O6P/c21-12-15-6-8-17(9-7-15)14-29(26,27)18(10-11-19(23)24)22-20(25)28-13-16-4-2-1-3-5-16/h1-9,18H,10-11,13-14H2,(H,22,25)(H,23,24)(H,26,27). The molecule has 152 valence electrons. The largest absolute Gasteiger partial charge is 0.481 e. The Morgan fingerprint density at radius 2 is 1.76 bits per heavy atom. The number of alkyl carbamates (subject to hydrolysis) is 1. The lowest BCUT2D eigenvalue weighted by Gasteiger charge is -2.23. The molecule has 0 saturated heterocycles. The molecule has 0 aromatic heterocycles. The van der Waals surface area contributed by atoms with E-state index in [0.717, 1.165) is 5.56 Å². The van der Waals surface area contributed by atoms with Gasteiger partial charge < -0.3 is 20.1 Å². The number of hydrogen-bond donors (Lipinski definition) is 3. The molecule has 0 saturated carbocycles. The lowest BCUT2D eigenvalue weighted by molar-refractivity contribution is -0.137. The number of carbonyl (C=O) groups excluding carboxylic acids is 1. The van der Waals surface area contributed by atoms with Gasteiger partial charge in [0.1, 0.15) is 12.4 Å². The zero-order chi connectivity index (χ0) is 21.3. The van der Waals surface area contributed by atoms with E-state index in [4.69, 9.17) is 15.1 Å². The highest BCUT2D eigenvalue weighted by Gasteiger charge is 2.33. The Morgan fingerprint density at radius 1 is 1.10 bits per heavy atom. The number of aliphatic carboxylic acids is 1. The summed E-state index contributed by atoms with van der Waals surface area (Å²) in [6, 6.07) is 17.0. The molecular weight excluding hydrogens is 395 g/mol. The molecule has 0 spiro atoms. The van der Waals surface area contributed by atoms with Crippen molar-refractivity contribution in [3.8, 4) is 6.07 Å². The molecule has 2 atom stereocenters. The van der Waals surface area contributed by atoms with Crippen LogP contribution in [0.1, 0.15) is 29.5 Å². The van der Waals surface area contributed by atoms with Crippen molar-refractivity contribution in [3.05, 3.63) is 71.3 Å². The predicted octanol–water partition coefficient (Wildman–Crippen LogP) is 3.45. The molecule has 0 radical (unpaired) electrons. The van der Waals surface area contributed by atoms with E-state index >= 15 is 0 Å². The third-order valence-corrected chi connectivity index (χ3v) is 6.29. The Hall–Kier alpha value is -3.14. The van der Waals surface area contributed by atoms with E-state index in [9.17, 15) is 19.0 Å². The number of amides is 1. The van der Waals surface area contributed by atoms with E-state index in [1.54, 1.807) is 36.4 Å². The Kier molecular flexibility index (Phi) is 7.96. The van der Waals surface area contributed by atoms with Crippen LogP contribution in [-0.4, -0.2) is 27.8 Å². The first-order valence-corrected chi connectivity index (χ1v) is 10.7. The topological polar surface area (TPSA) is 137 Å². The maximum atomic E-state index is 12.9. The van der Waals surface area contributed by atoms with E-state index in [1.807, 2.05) is 12.1 Å². The molecule has 0 aliphatic rings. The van der Waals surface area contributed by atoms with E-state index in [-0.39, 0.29) is 25.6 Å². The van der Waals surface area contributed by atoms with Crippen LogP contribution in [0.15, 0.2) is 54.6 Å². The third kappa shape index (κ3) is 7.41. The number of hydrogen-bond acceptors (Lipinski definition) is 5. The van der Waals surface area contributed by atoms with E-state index in [0.29, 0.717) is 11.1 Å². The fourth-order valence-electron chi connectivity index (χ4n) is 2.59. The van der Waals surface area contributed by atoms with Crippen molar-refractivity contribution in [1.29, 1.82) is 5.26 Å². The number of nitrogens with zero attached hydrogens (tertiary/aromatic N) is 1. The van der Waals surface area contributed by atoms with Gasteiger partial charge in [0.2, 0.25) is 7.37 Å². The van der Waals surface area contributed by atoms with Crippen LogP contribution < -0.4 is 5.32 Å². The normalized spacial score (nSPS) is 13.5. The smallest absolute Gasteiger partial charge is 0.408 e. The zero-order valence-electron chi connectivity index (χ0n) is 15.5. The summed E-state index contributed by atoms with van der Waals surface area (Å²) >= 11 is 0.